The van der Waals surface area contributed by atoms with Crippen LogP contribution in [0.1, 0.15) is 35.3 Å². The Kier molecular flexibility index (Phi) is 11.7. The lowest BCUT2D eigenvalue weighted by atomic mass is 9.96. The van der Waals surface area contributed by atoms with Gasteiger partial charge < -0.3 is 25.5 Å². The van der Waals surface area contributed by atoms with Crippen LogP contribution in [0.15, 0.2) is 29.6 Å². The highest BCUT2D eigenvalue weighted by Crippen LogP contribution is 2.21. The standard InChI is InChI=1S/C16H19F2NOS.C6H8O7/c1-12-6-9-21-15(12)11-19(7-3-8-20)10-13-4-2-5-14(17)16(13)18;7-3(8)1-6(13,5(11)12)2-4(9)10/h2,4-6,9,20H,3,7-8,10-11H2,1H3;13H,1-2H2,(H,7,8)(H,9,10)(H,11,12). The molecule has 5 N–H and O–H groups in total. The molecule has 0 aliphatic heterocycles. The summed E-state index contributed by atoms with van der Waals surface area (Å²) >= 11 is 1.66. The quantitative estimate of drug-likeness (QED) is 0.294. The lowest BCUT2D eigenvalue weighted by Crippen LogP contribution is -2.42. The molecule has 0 bridgehead atoms. The van der Waals surface area contributed by atoms with Crippen LogP contribution in [0.3, 0.4) is 0 Å². The highest BCUT2D eigenvalue weighted by Gasteiger charge is 2.40. The van der Waals surface area contributed by atoms with Gasteiger partial charge in [-0.05, 0) is 36.4 Å². The van der Waals surface area contributed by atoms with E-state index in [4.69, 9.17) is 25.5 Å². The number of aliphatic carboxylic acids is 3. The zero-order chi connectivity index (χ0) is 25.9. The Labute approximate surface area is 198 Å². The minimum atomic E-state index is -2.74. The highest BCUT2D eigenvalue weighted by atomic mass is 32.1. The van der Waals surface area contributed by atoms with Crippen LogP contribution in [0.4, 0.5) is 8.78 Å². The summed E-state index contributed by atoms with van der Waals surface area (Å²) in [6.07, 6.45) is -1.68. The third-order valence-corrected chi connectivity index (χ3v) is 5.69. The second kappa shape index (κ2) is 13.7. The maximum atomic E-state index is 13.8. The van der Waals surface area contributed by atoms with Crippen LogP contribution in [0.5, 0.6) is 0 Å². The normalized spacial score (nSPS) is 11.1. The molecule has 9 nitrogen and oxygen atoms in total. The van der Waals surface area contributed by atoms with Gasteiger partial charge in [0.15, 0.2) is 17.2 Å². The summed E-state index contributed by atoms with van der Waals surface area (Å²) in [6, 6.07) is 6.30. The molecule has 0 spiro atoms. The van der Waals surface area contributed by atoms with Gasteiger partial charge in [-0.1, -0.05) is 12.1 Å². The summed E-state index contributed by atoms with van der Waals surface area (Å²) in [5, 5.41) is 44.8. The van der Waals surface area contributed by atoms with E-state index in [2.05, 4.69) is 0 Å². The first kappa shape index (κ1) is 29.1. The topological polar surface area (TPSA) is 156 Å². The van der Waals surface area contributed by atoms with Crippen LogP contribution in [0.2, 0.25) is 0 Å². The number of thiophene rings is 1. The monoisotopic (exact) mass is 503 g/mol. The van der Waals surface area contributed by atoms with E-state index in [-0.39, 0.29) is 6.61 Å². The van der Waals surface area contributed by atoms with E-state index in [0.29, 0.717) is 31.6 Å². The van der Waals surface area contributed by atoms with Gasteiger partial charge >= 0.3 is 17.9 Å². The number of nitrogens with zero attached hydrogens (tertiary/aromatic N) is 1. The SMILES string of the molecule is Cc1ccsc1CN(CCCO)Cc1cccc(F)c1F.O=C(O)CC(O)(CC(=O)O)C(=O)O. The van der Waals surface area contributed by atoms with Gasteiger partial charge in [-0.2, -0.15) is 0 Å². The fourth-order valence-electron chi connectivity index (χ4n) is 2.90. The molecule has 0 aliphatic rings. The average Bonchev–Trinajstić information content (AvgIpc) is 3.13. The summed E-state index contributed by atoms with van der Waals surface area (Å²) in [4.78, 5) is 33.7. The van der Waals surface area contributed by atoms with Crippen molar-refractivity contribution in [3.05, 3.63) is 57.3 Å². The molecule has 0 fully saturated rings. The minimum absolute atomic E-state index is 0.0888. The first-order valence-corrected chi connectivity index (χ1v) is 11.0. The van der Waals surface area contributed by atoms with Crippen molar-refractivity contribution in [1.82, 2.24) is 4.90 Å². The summed E-state index contributed by atoms with van der Waals surface area (Å²) in [5.41, 5.74) is -1.19. The zero-order valence-corrected chi connectivity index (χ0v) is 19.2. The van der Waals surface area contributed by atoms with Crippen LogP contribution < -0.4 is 0 Å². The first-order valence-electron chi connectivity index (χ1n) is 10.1. The summed E-state index contributed by atoms with van der Waals surface area (Å²) in [6.45, 7) is 3.79. The second-order valence-electron chi connectivity index (χ2n) is 7.51. The Morgan fingerprint density at radius 1 is 1.03 bits per heavy atom. The number of benzene rings is 1. The number of rotatable bonds is 12. The number of aryl methyl sites for hydroxylation is 1. The molecule has 0 amide bonds. The maximum absolute atomic E-state index is 13.8. The molecule has 12 heteroatoms. The van der Waals surface area contributed by atoms with Crippen molar-refractivity contribution in [2.24, 2.45) is 0 Å². The summed E-state index contributed by atoms with van der Waals surface area (Å²) < 4.78 is 27.1. The molecule has 0 aliphatic carbocycles. The Morgan fingerprint density at radius 2 is 1.65 bits per heavy atom. The van der Waals surface area contributed by atoms with Crippen LogP contribution in [-0.4, -0.2) is 67.1 Å². The van der Waals surface area contributed by atoms with Crippen molar-refractivity contribution in [2.75, 3.05) is 13.2 Å². The van der Waals surface area contributed by atoms with Gasteiger partial charge in [-0.3, -0.25) is 14.5 Å². The molecule has 0 atom stereocenters. The lowest BCUT2D eigenvalue weighted by molar-refractivity contribution is -0.170. The smallest absolute Gasteiger partial charge is 0.336 e. The molecule has 0 saturated carbocycles. The molecule has 0 saturated heterocycles. The van der Waals surface area contributed by atoms with Crippen molar-refractivity contribution in [1.29, 1.82) is 0 Å². The number of hydrogen-bond acceptors (Lipinski definition) is 7. The third kappa shape index (κ3) is 9.51. The predicted octanol–water partition coefficient (Wildman–Crippen LogP) is 2.47. The Balaban J connectivity index is 0.000000385. The van der Waals surface area contributed by atoms with E-state index in [9.17, 15) is 23.2 Å². The van der Waals surface area contributed by atoms with Crippen molar-refractivity contribution < 1.29 is 48.7 Å². The van der Waals surface area contributed by atoms with Gasteiger partial charge in [-0.15, -0.1) is 11.3 Å². The van der Waals surface area contributed by atoms with E-state index in [1.54, 1.807) is 17.4 Å². The Morgan fingerprint density at radius 3 is 2.12 bits per heavy atom. The van der Waals surface area contributed by atoms with Gasteiger partial charge in [0.2, 0.25) is 0 Å². The number of aliphatic hydroxyl groups excluding tert-OH is 1. The lowest BCUT2D eigenvalue weighted by Gasteiger charge is -2.22. The number of carboxylic acid groups (broad SMARTS) is 3. The van der Waals surface area contributed by atoms with Gasteiger partial charge in [0.05, 0.1) is 12.8 Å². The first-order chi connectivity index (χ1) is 15.9. The van der Waals surface area contributed by atoms with E-state index in [0.717, 1.165) is 6.07 Å². The number of hydrogen-bond donors (Lipinski definition) is 5. The van der Waals surface area contributed by atoms with Crippen LogP contribution in [0, 0.1) is 18.6 Å². The number of carbonyl (C=O) groups is 3. The fraction of sp³-hybridized carbons (Fsp3) is 0.409. The molecular weight excluding hydrogens is 476 g/mol. The maximum Gasteiger partial charge on any atom is 0.336 e. The van der Waals surface area contributed by atoms with Crippen molar-refractivity contribution in [2.45, 2.75) is 44.9 Å². The minimum Gasteiger partial charge on any atom is -0.481 e. The summed E-state index contributed by atoms with van der Waals surface area (Å²) in [7, 11) is 0. The molecule has 2 rings (SSSR count). The number of halogens is 2. The second-order valence-corrected chi connectivity index (χ2v) is 8.51. The third-order valence-electron chi connectivity index (χ3n) is 4.68. The van der Waals surface area contributed by atoms with E-state index in [1.165, 1.54) is 16.5 Å². The van der Waals surface area contributed by atoms with Gasteiger partial charge in [0.25, 0.3) is 0 Å². The largest absolute Gasteiger partial charge is 0.481 e. The summed E-state index contributed by atoms with van der Waals surface area (Å²) in [5.74, 6) is -6.62. The molecule has 1 heterocycles. The highest BCUT2D eigenvalue weighted by molar-refractivity contribution is 7.10. The van der Waals surface area contributed by atoms with Crippen molar-refractivity contribution in [3.63, 3.8) is 0 Å². The average molecular weight is 504 g/mol. The van der Waals surface area contributed by atoms with E-state index >= 15 is 0 Å². The molecule has 1 aromatic heterocycles. The van der Waals surface area contributed by atoms with Crippen LogP contribution in [0.25, 0.3) is 0 Å². The van der Waals surface area contributed by atoms with Gasteiger partial charge in [-0.25, -0.2) is 13.6 Å². The molecule has 0 radical (unpaired) electrons. The van der Waals surface area contributed by atoms with Crippen LogP contribution in [-0.2, 0) is 27.5 Å². The van der Waals surface area contributed by atoms with Gasteiger partial charge in [0, 0.05) is 36.7 Å². The molecule has 1 aromatic carbocycles. The van der Waals surface area contributed by atoms with Crippen molar-refractivity contribution >= 4 is 29.2 Å². The predicted molar refractivity (Wildman–Crippen MR) is 118 cm³/mol. The fourth-order valence-corrected chi connectivity index (χ4v) is 3.85. The molecule has 188 valence electrons. The number of aliphatic hydroxyl groups is 2. The Bertz CT molecular complexity index is 966. The molecule has 2 aromatic rings. The zero-order valence-electron chi connectivity index (χ0n) is 18.4. The van der Waals surface area contributed by atoms with E-state index < -0.39 is 48.0 Å². The molecule has 34 heavy (non-hydrogen) atoms. The number of carboxylic acids is 3. The van der Waals surface area contributed by atoms with E-state index in [1.807, 2.05) is 23.3 Å². The molecule has 0 unspecified atom stereocenters. The molecular formula is C22H27F2NO8S. The van der Waals surface area contributed by atoms with Crippen LogP contribution >= 0.6 is 11.3 Å². The van der Waals surface area contributed by atoms with Crippen molar-refractivity contribution in [3.8, 4) is 0 Å². The van der Waals surface area contributed by atoms with Gasteiger partial charge in [0.1, 0.15) is 0 Å². The Hall–Kier alpha value is -2.93.